The number of hydrogen-bond acceptors (Lipinski definition) is 2. The van der Waals surface area contributed by atoms with Crippen LogP contribution in [0.5, 0.6) is 0 Å². The van der Waals surface area contributed by atoms with Gasteiger partial charge in [0.05, 0.1) is 0 Å². The second kappa shape index (κ2) is 5.16. The van der Waals surface area contributed by atoms with E-state index in [1.807, 2.05) is 0 Å². The number of carboxylic acid groups (broad SMARTS) is 1. The molecule has 2 aromatic carbocycles. The number of carbonyl (C=O) groups excluding carboxylic acids is 1. The van der Waals surface area contributed by atoms with Gasteiger partial charge in [0.15, 0.2) is 0 Å². The van der Waals surface area contributed by atoms with E-state index in [2.05, 4.69) is 0 Å². The van der Waals surface area contributed by atoms with Crippen molar-refractivity contribution < 1.29 is 19.1 Å². The summed E-state index contributed by atoms with van der Waals surface area (Å²) in [7, 11) is 1.43. The fourth-order valence-corrected chi connectivity index (χ4v) is 2.03. The van der Waals surface area contributed by atoms with Crippen LogP contribution in [0.3, 0.4) is 0 Å². The smallest absolute Gasteiger partial charge is 0.329 e. The molecular formula is C16H16FNO3. The van der Waals surface area contributed by atoms with Gasteiger partial charge in [-0.2, -0.15) is 0 Å². The van der Waals surface area contributed by atoms with Gasteiger partial charge in [-0.15, -0.1) is 0 Å². The highest BCUT2D eigenvalue weighted by atomic mass is 19.1. The largest absolute Gasteiger partial charge is 0.480 e. The summed E-state index contributed by atoms with van der Waals surface area (Å²) in [6.45, 7) is 2.89. The normalized spacial score (nSPS) is 11.4. The third-order valence-corrected chi connectivity index (χ3v) is 3.77. The van der Waals surface area contributed by atoms with Crippen LogP contribution in [0.25, 0.3) is 10.8 Å². The Bertz CT molecular complexity index is 725. The first-order valence-corrected chi connectivity index (χ1v) is 6.45. The Labute approximate surface area is 121 Å². The fourth-order valence-electron chi connectivity index (χ4n) is 2.03. The lowest BCUT2D eigenvalue weighted by molar-refractivity contribution is -0.147. The van der Waals surface area contributed by atoms with Crippen LogP contribution in [-0.2, 0) is 4.79 Å². The summed E-state index contributed by atoms with van der Waals surface area (Å²) in [6.07, 6.45) is 0. The lowest BCUT2D eigenvalue weighted by Crippen LogP contribution is -2.50. The van der Waals surface area contributed by atoms with Gasteiger partial charge < -0.3 is 10.0 Å². The van der Waals surface area contributed by atoms with Crippen molar-refractivity contribution in [2.45, 2.75) is 19.4 Å². The minimum absolute atomic E-state index is 0.281. The Hall–Kier alpha value is -2.43. The molecule has 4 nitrogen and oxygen atoms in total. The van der Waals surface area contributed by atoms with E-state index < -0.39 is 23.2 Å². The highest BCUT2D eigenvalue weighted by Gasteiger charge is 2.36. The number of likely N-dealkylation sites (N-methyl/N-ethyl adjacent to an activating group) is 1. The number of benzene rings is 2. The van der Waals surface area contributed by atoms with Crippen LogP contribution < -0.4 is 0 Å². The van der Waals surface area contributed by atoms with E-state index in [4.69, 9.17) is 0 Å². The lowest BCUT2D eigenvalue weighted by atomic mass is 9.99. The molecule has 0 aliphatic heterocycles. The van der Waals surface area contributed by atoms with E-state index in [9.17, 15) is 19.1 Å². The predicted molar refractivity (Wildman–Crippen MR) is 77.7 cm³/mol. The minimum atomic E-state index is -1.35. The van der Waals surface area contributed by atoms with Crippen molar-refractivity contribution in [3.63, 3.8) is 0 Å². The highest BCUT2D eigenvalue weighted by molar-refractivity contribution is 6.08. The molecule has 0 radical (unpaired) electrons. The Kier molecular flexibility index (Phi) is 3.68. The van der Waals surface area contributed by atoms with E-state index in [1.54, 1.807) is 24.3 Å². The van der Waals surface area contributed by atoms with Crippen molar-refractivity contribution in [2.24, 2.45) is 0 Å². The second-order valence-electron chi connectivity index (χ2n) is 5.37. The second-order valence-corrected chi connectivity index (χ2v) is 5.37. The van der Waals surface area contributed by atoms with E-state index >= 15 is 0 Å². The number of nitrogens with zero attached hydrogens (tertiary/aromatic N) is 1. The number of rotatable bonds is 3. The molecule has 0 saturated heterocycles. The zero-order chi connectivity index (χ0) is 15.8. The molecule has 2 aromatic rings. The first-order valence-electron chi connectivity index (χ1n) is 6.45. The summed E-state index contributed by atoms with van der Waals surface area (Å²) >= 11 is 0. The van der Waals surface area contributed by atoms with Crippen LogP contribution >= 0.6 is 0 Å². The first kappa shape index (κ1) is 15.0. The number of carboxylic acids is 1. The molecular weight excluding hydrogens is 273 g/mol. The average molecular weight is 289 g/mol. The number of carbonyl (C=O) groups is 2. The molecule has 0 bridgehead atoms. The number of halogens is 1. The van der Waals surface area contributed by atoms with Crippen molar-refractivity contribution in [1.82, 2.24) is 4.90 Å². The van der Waals surface area contributed by atoms with E-state index in [1.165, 1.54) is 33.0 Å². The molecule has 21 heavy (non-hydrogen) atoms. The number of fused-ring (bicyclic) bond motifs is 1. The molecule has 0 saturated carbocycles. The summed E-state index contributed by atoms with van der Waals surface area (Å²) in [6, 6.07) is 9.23. The Balaban J connectivity index is 2.55. The van der Waals surface area contributed by atoms with Crippen LogP contribution in [0.2, 0.25) is 0 Å². The van der Waals surface area contributed by atoms with Gasteiger partial charge in [-0.3, -0.25) is 4.79 Å². The molecule has 0 heterocycles. The molecule has 0 unspecified atom stereocenters. The number of aliphatic carboxylic acids is 1. The maximum Gasteiger partial charge on any atom is 0.329 e. The SMILES string of the molecule is CN(C(=O)c1ccc(F)c2ccccc12)C(C)(C)C(=O)O. The molecule has 1 amide bonds. The number of hydrogen-bond donors (Lipinski definition) is 1. The van der Waals surface area contributed by atoms with Crippen molar-refractivity contribution in [2.75, 3.05) is 7.05 Å². The van der Waals surface area contributed by atoms with Gasteiger partial charge in [0, 0.05) is 18.0 Å². The molecule has 0 aromatic heterocycles. The summed E-state index contributed by atoms with van der Waals surface area (Å²) in [4.78, 5) is 25.0. The zero-order valence-corrected chi connectivity index (χ0v) is 12.1. The van der Waals surface area contributed by atoms with Gasteiger partial charge >= 0.3 is 5.97 Å². The van der Waals surface area contributed by atoms with Gasteiger partial charge in [0.2, 0.25) is 0 Å². The zero-order valence-electron chi connectivity index (χ0n) is 12.1. The standard InChI is InChI=1S/C16H16FNO3/c1-16(2,15(20)21)18(3)14(19)12-8-9-13(17)11-7-5-4-6-10(11)12/h4-9H,1-3H3,(H,20,21). The van der Waals surface area contributed by atoms with E-state index in [0.717, 1.165) is 4.90 Å². The first-order chi connectivity index (χ1) is 9.76. The average Bonchev–Trinajstić information content (AvgIpc) is 2.46. The van der Waals surface area contributed by atoms with Crippen molar-refractivity contribution >= 4 is 22.6 Å². The molecule has 0 fully saturated rings. The molecule has 5 heteroatoms. The maximum absolute atomic E-state index is 13.8. The molecule has 2 rings (SSSR count). The molecule has 0 atom stereocenters. The molecule has 110 valence electrons. The van der Waals surface area contributed by atoms with Gasteiger partial charge in [-0.25, -0.2) is 9.18 Å². The fraction of sp³-hybridized carbons (Fsp3) is 0.250. The summed E-state index contributed by atoms with van der Waals surface area (Å²) in [5, 5.41) is 10.0. The van der Waals surface area contributed by atoms with Crippen LogP contribution in [0, 0.1) is 5.82 Å². The van der Waals surface area contributed by atoms with Crippen LogP contribution in [-0.4, -0.2) is 34.5 Å². The van der Waals surface area contributed by atoms with E-state index in [0.29, 0.717) is 10.8 Å². The third kappa shape index (κ3) is 2.46. The third-order valence-electron chi connectivity index (χ3n) is 3.77. The number of amides is 1. The predicted octanol–water partition coefficient (Wildman–Crippen LogP) is 2.91. The summed E-state index contributed by atoms with van der Waals surface area (Å²) < 4.78 is 13.8. The van der Waals surface area contributed by atoms with Gasteiger partial charge in [-0.1, -0.05) is 24.3 Å². The quantitative estimate of drug-likeness (QED) is 0.945. The summed E-state index contributed by atoms with van der Waals surface area (Å²) in [5.74, 6) is -1.98. The van der Waals surface area contributed by atoms with E-state index in [-0.39, 0.29) is 5.56 Å². The van der Waals surface area contributed by atoms with Crippen molar-refractivity contribution in [3.8, 4) is 0 Å². The lowest BCUT2D eigenvalue weighted by Gasteiger charge is -2.31. The molecule has 0 spiro atoms. The van der Waals surface area contributed by atoms with Gasteiger partial charge in [0.1, 0.15) is 11.4 Å². The van der Waals surface area contributed by atoms with Gasteiger partial charge in [0.25, 0.3) is 5.91 Å². The maximum atomic E-state index is 13.8. The Morgan fingerprint density at radius 3 is 2.24 bits per heavy atom. The van der Waals surface area contributed by atoms with Gasteiger partial charge in [-0.05, 0) is 31.4 Å². The molecule has 0 aliphatic rings. The summed E-state index contributed by atoms with van der Waals surface area (Å²) in [5.41, 5.74) is -1.07. The minimum Gasteiger partial charge on any atom is -0.480 e. The highest BCUT2D eigenvalue weighted by Crippen LogP contribution is 2.25. The van der Waals surface area contributed by atoms with Crippen LogP contribution in [0.1, 0.15) is 24.2 Å². The van der Waals surface area contributed by atoms with Crippen LogP contribution in [0.15, 0.2) is 36.4 Å². The molecule has 0 aliphatic carbocycles. The van der Waals surface area contributed by atoms with Crippen molar-refractivity contribution in [3.05, 3.63) is 47.8 Å². The van der Waals surface area contributed by atoms with Crippen LogP contribution in [0.4, 0.5) is 4.39 Å². The van der Waals surface area contributed by atoms with Crippen molar-refractivity contribution in [1.29, 1.82) is 0 Å². The molecule has 1 N–H and O–H groups in total. The monoisotopic (exact) mass is 289 g/mol. The topological polar surface area (TPSA) is 57.6 Å². The Morgan fingerprint density at radius 1 is 1.10 bits per heavy atom. The Morgan fingerprint density at radius 2 is 1.67 bits per heavy atom.